The predicted molar refractivity (Wildman–Crippen MR) is 81.4 cm³/mol. The Morgan fingerprint density at radius 1 is 1.45 bits per heavy atom. The molecular formula is C15H17BrN2O2. The number of ether oxygens (including phenoxy) is 1. The number of ketones is 1. The van der Waals surface area contributed by atoms with Gasteiger partial charge in [-0.25, -0.2) is 0 Å². The number of aromatic nitrogens is 2. The van der Waals surface area contributed by atoms with E-state index in [0.717, 1.165) is 16.5 Å². The van der Waals surface area contributed by atoms with Crippen molar-refractivity contribution in [3.63, 3.8) is 0 Å². The van der Waals surface area contributed by atoms with E-state index in [1.807, 2.05) is 32.0 Å². The molecule has 106 valence electrons. The fourth-order valence-corrected chi connectivity index (χ4v) is 2.52. The Morgan fingerprint density at radius 2 is 2.20 bits per heavy atom. The summed E-state index contributed by atoms with van der Waals surface area (Å²) in [4.78, 5) is 12.8. The van der Waals surface area contributed by atoms with Crippen LogP contribution in [-0.2, 0) is 6.54 Å². The van der Waals surface area contributed by atoms with Gasteiger partial charge in [0.25, 0.3) is 0 Å². The number of aryl methyl sites for hydroxylation is 2. The first-order valence-electron chi connectivity index (χ1n) is 6.49. The van der Waals surface area contributed by atoms with Gasteiger partial charge in [0.2, 0.25) is 5.78 Å². The molecule has 0 fully saturated rings. The highest BCUT2D eigenvalue weighted by atomic mass is 79.9. The van der Waals surface area contributed by atoms with Crippen molar-refractivity contribution in [2.75, 3.05) is 7.11 Å². The number of carbonyl (C=O) groups excluding carboxylic acids is 1. The zero-order valence-electron chi connectivity index (χ0n) is 11.8. The standard InChI is InChI=1S/C15H17BrN2O2/c1-4-8-18-14(12(20-3)9-17-18)15(19)11-7-5-6-10(2)13(11)16/h5-7,9H,4,8H2,1-3H3. The number of rotatable bonds is 5. The van der Waals surface area contributed by atoms with Crippen molar-refractivity contribution in [2.24, 2.45) is 0 Å². The molecule has 20 heavy (non-hydrogen) atoms. The van der Waals surface area contributed by atoms with Crippen LogP contribution in [0.25, 0.3) is 0 Å². The molecule has 1 heterocycles. The number of carbonyl (C=O) groups is 1. The smallest absolute Gasteiger partial charge is 0.215 e. The first-order valence-corrected chi connectivity index (χ1v) is 7.29. The third-order valence-corrected chi connectivity index (χ3v) is 4.17. The number of hydrogen-bond acceptors (Lipinski definition) is 3. The average molecular weight is 337 g/mol. The van der Waals surface area contributed by atoms with Crippen LogP contribution >= 0.6 is 15.9 Å². The minimum Gasteiger partial charge on any atom is -0.493 e. The first-order chi connectivity index (χ1) is 9.60. The van der Waals surface area contributed by atoms with E-state index in [1.54, 1.807) is 18.0 Å². The fourth-order valence-electron chi connectivity index (χ4n) is 2.08. The minimum absolute atomic E-state index is 0.0802. The molecule has 0 N–H and O–H groups in total. The van der Waals surface area contributed by atoms with Gasteiger partial charge < -0.3 is 4.74 Å². The summed E-state index contributed by atoms with van der Waals surface area (Å²) in [5.74, 6) is 0.431. The summed E-state index contributed by atoms with van der Waals surface area (Å²) >= 11 is 3.49. The molecule has 0 amide bonds. The molecule has 0 aliphatic rings. The maximum absolute atomic E-state index is 12.8. The van der Waals surface area contributed by atoms with Gasteiger partial charge in [-0.15, -0.1) is 0 Å². The lowest BCUT2D eigenvalue weighted by molar-refractivity contribution is 0.102. The Kier molecular flexibility index (Phi) is 4.60. The van der Waals surface area contributed by atoms with E-state index in [9.17, 15) is 4.79 Å². The summed E-state index contributed by atoms with van der Waals surface area (Å²) in [6.07, 6.45) is 2.49. The molecule has 0 unspecified atom stereocenters. The highest BCUT2D eigenvalue weighted by Crippen LogP contribution is 2.27. The normalized spacial score (nSPS) is 10.6. The number of hydrogen-bond donors (Lipinski definition) is 0. The molecule has 0 saturated heterocycles. The summed E-state index contributed by atoms with van der Waals surface area (Å²) in [6, 6.07) is 5.64. The summed E-state index contributed by atoms with van der Waals surface area (Å²) in [5.41, 5.74) is 2.15. The maximum Gasteiger partial charge on any atom is 0.215 e. The van der Waals surface area contributed by atoms with Crippen molar-refractivity contribution in [1.29, 1.82) is 0 Å². The fraction of sp³-hybridized carbons (Fsp3) is 0.333. The SMILES string of the molecule is CCCn1ncc(OC)c1C(=O)c1cccc(C)c1Br. The largest absolute Gasteiger partial charge is 0.493 e. The second kappa shape index (κ2) is 6.22. The minimum atomic E-state index is -0.0802. The summed E-state index contributed by atoms with van der Waals surface area (Å²) < 4.78 is 7.79. The predicted octanol–water partition coefficient (Wildman–Crippen LogP) is 3.60. The van der Waals surface area contributed by atoms with Crippen molar-refractivity contribution in [3.05, 3.63) is 45.7 Å². The Hall–Kier alpha value is -1.62. The molecule has 0 atom stereocenters. The van der Waals surface area contributed by atoms with Crippen LogP contribution in [0.15, 0.2) is 28.9 Å². The molecule has 0 aliphatic carbocycles. The van der Waals surface area contributed by atoms with Crippen LogP contribution in [0.1, 0.15) is 35.0 Å². The van der Waals surface area contributed by atoms with E-state index in [-0.39, 0.29) is 5.78 Å². The quantitative estimate of drug-likeness (QED) is 0.783. The molecule has 5 heteroatoms. The van der Waals surface area contributed by atoms with Crippen LogP contribution in [0.3, 0.4) is 0 Å². The number of benzene rings is 1. The highest BCUT2D eigenvalue weighted by molar-refractivity contribution is 9.10. The van der Waals surface area contributed by atoms with E-state index in [4.69, 9.17) is 4.74 Å². The summed E-state index contributed by atoms with van der Waals surface area (Å²) in [7, 11) is 1.55. The Bertz CT molecular complexity index is 635. The third kappa shape index (κ3) is 2.63. The van der Waals surface area contributed by atoms with Crippen LogP contribution in [-0.4, -0.2) is 22.7 Å². The molecule has 1 aromatic heterocycles. The number of methoxy groups -OCH3 is 1. The molecule has 4 nitrogen and oxygen atoms in total. The van der Waals surface area contributed by atoms with Gasteiger partial charge >= 0.3 is 0 Å². The van der Waals surface area contributed by atoms with Crippen LogP contribution in [0.5, 0.6) is 5.75 Å². The van der Waals surface area contributed by atoms with Gasteiger partial charge in [-0.1, -0.05) is 19.1 Å². The molecule has 0 radical (unpaired) electrons. The van der Waals surface area contributed by atoms with Crippen molar-refractivity contribution >= 4 is 21.7 Å². The van der Waals surface area contributed by atoms with Gasteiger partial charge in [-0.2, -0.15) is 5.10 Å². The molecule has 0 saturated carbocycles. The summed E-state index contributed by atoms with van der Waals surface area (Å²) in [6.45, 7) is 4.69. The van der Waals surface area contributed by atoms with Gasteiger partial charge in [-0.3, -0.25) is 9.48 Å². The summed E-state index contributed by atoms with van der Waals surface area (Å²) in [5, 5.41) is 4.23. The van der Waals surface area contributed by atoms with Crippen molar-refractivity contribution < 1.29 is 9.53 Å². The van der Waals surface area contributed by atoms with E-state index in [0.29, 0.717) is 23.6 Å². The zero-order valence-corrected chi connectivity index (χ0v) is 13.4. The second-order valence-electron chi connectivity index (χ2n) is 4.55. The molecule has 2 rings (SSSR count). The van der Waals surface area contributed by atoms with E-state index >= 15 is 0 Å². The van der Waals surface area contributed by atoms with E-state index in [1.165, 1.54) is 0 Å². The first kappa shape index (κ1) is 14.8. The van der Waals surface area contributed by atoms with Crippen LogP contribution in [0.4, 0.5) is 0 Å². The molecule has 2 aromatic rings. The van der Waals surface area contributed by atoms with E-state index < -0.39 is 0 Å². The van der Waals surface area contributed by atoms with Crippen LogP contribution in [0.2, 0.25) is 0 Å². The third-order valence-electron chi connectivity index (χ3n) is 3.11. The molecule has 1 aromatic carbocycles. The monoisotopic (exact) mass is 336 g/mol. The Balaban J connectivity index is 2.52. The topological polar surface area (TPSA) is 44.1 Å². The Morgan fingerprint density at radius 3 is 2.85 bits per heavy atom. The zero-order chi connectivity index (χ0) is 14.7. The lowest BCUT2D eigenvalue weighted by Crippen LogP contribution is -2.13. The van der Waals surface area contributed by atoms with Crippen molar-refractivity contribution in [2.45, 2.75) is 26.8 Å². The second-order valence-corrected chi connectivity index (χ2v) is 5.34. The van der Waals surface area contributed by atoms with Gasteiger partial charge in [0.05, 0.1) is 13.3 Å². The molecule has 0 aliphatic heterocycles. The van der Waals surface area contributed by atoms with Gasteiger partial charge in [-0.05, 0) is 40.9 Å². The average Bonchev–Trinajstić information content (AvgIpc) is 2.84. The van der Waals surface area contributed by atoms with Crippen LogP contribution in [0, 0.1) is 6.92 Å². The Labute approximate surface area is 126 Å². The number of halogens is 1. The molecule has 0 bridgehead atoms. The van der Waals surface area contributed by atoms with Gasteiger partial charge in [0.1, 0.15) is 0 Å². The van der Waals surface area contributed by atoms with Crippen molar-refractivity contribution in [1.82, 2.24) is 9.78 Å². The van der Waals surface area contributed by atoms with E-state index in [2.05, 4.69) is 21.0 Å². The molecular weight excluding hydrogens is 320 g/mol. The lowest BCUT2D eigenvalue weighted by atomic mass is 10.1. The highest BCUT2D eigenvalue weighted by Gasteiger charge is 2.22. The van der Waals surface area contributed by atoms with Crippen LogP contribution < -0.4 is 4.74 Å². The number of nitrogens with zero attached hydrogens (tertiary/aromatic N) is 2. The van der Waals surface area contributed by atoms with Gasteiger partial charge in [0, 0.05) is 16.6 Å². The lowest BCUT2D eigenvalue weighted by Gasteiger charge is -2.10. The maximum atomic E-state index is 12.8. The molecule has 0 spiro atoms. The van der Waals surface area contributed by atoms with Crippen molar-refractivity contribution in [3.8, 4) is 5.75 Å². The van der Waals surface area contributed by atoms with Gasteiger partial charge in [0.15, 0.2) is 11.4 Å².